The van der Waals surface area contributed by atoms with Gasteiger partial charge in [0.1, 0.15) is 12.4 Å². The number of hydrogen-bond donors (Lipinski definition) is 0. The Hall–Kier alpha value is -2.78. The lowest BCUT2D eigenvalue weighted by atomic mass is 10.3. The van der Waals surface area contributed by atoms with Crippen LogP contribution in [0.5, 0.6) is 0 Å². The lowest BCUT2D eigenvalue weighted by molar-refractivity contribution is 0.145. The van der Waals surface area contributed by atoms with Crippen molar-refractivity contribution >= 4 is 28.1 Å². The number of rotatable bonds is 6. The summed E-state index contributed by atoms with van der Waals surface area (Å²) in [6.07, 6.45) is -0.0119. The summed E-state index contributed by atoms with van der Waals surface area (Å²) in [7, 11) is -0.566. The van der Waals surface area contributed by atoms with E-state index in [0.717, 1.165) is 0 Å². The summed E-state index contributed by atoms with van der Waals surface area (Å²) >= 11 is 0. The third-order valence-electron chi connectivity index (χ3n) is 3.07. The molecule has 11 heteroatoms. The van der Waals surface area contributed by atoms with E-state index in [-0.39, 0.29) is 18.0 Å². The van der Waals surface area contributed by atoms with Crippen LogP contribution in [-0.2, 0) is 14.8 Å². The van der Waals surface area contributed by atoms with Gasteiger partial charge >= 0.3 is 6.09 Å². The summed E-state index contributed by atoms with van der Waals surface area (Å²) in [6, 6.07) is 5.84. The van der Waals surface area contributed by atoms with E-state index >= 15 is 0 Å². The highest BCUT2D eigenvalue weighted by molar-refractivity contribution is 7.90. The highest BCUT2D eigenvalue weighted by atomic mass is 32.2. The van der Waals surface area contributed by atoms with Crippen LogP contribution in [0.2, 0.25) is 0 Å². The number of benzene rings is 1. The van der Waals surface area contributed by atoms with E-state index in [1.807, 2.05) is 0 Å². The second-order valence-electron chi connectivity index (χ2n) is 5.19. The van der Waals surface area contributed by atoms with Crippen molar-refractivity contribution in [3.05, 3.63) is 34.7 Å². The fourth-order valence-electron chi connectivity index (χ4n) is 1.98. The van der Waals surface area contributed by atoms with Crippen molar-refractivity contribution in [3.63, 3.8) is 0 Å². The normalized spacial score (nSPS) is 17.7. The number of carbonyl (C=O) groups excluding carboxylic acids is 1. The number of nitrogens with zero attached hydrogens (tertiary/aromatic N) is 6. The molecule has 1 aliphatic rings. The molecule has 1 fully saturated rings. The minimum absolute atomic E-state index is 0.0177. The van der Waals surface area contributed by atoms with Gasteiger partial charge in [-0.05, 0) is 23.7 Å². The zero-order valence-corrected chi connectivity index (χ0v) is 13.9. The largest absolute Gasteiger partial charge is 0.444 e. The van der Waals surface area contributed by atoms with E-state index in [1.165, 1.54) is 34.3 Å². The van der Waals surface area contributed by atoms with Crippen LogP contribution in [0.25, 0.3) is 10.4 Å². The molecule has 0 aromatic heterocycles. The van der Waals surface area contributed by atoms with Crippen molar-refractivity contribution in [1.29, 1.82) is 0 Å². The molecule has 2 rings (SSSR count). The van der Waals surface area contributed by atoms with Crippen molar-refractivity contribution in [1.82, 2.24) is 4.90 Å². The molecule has 10 nitrogen and oxygen atoms in total. The standard InChI is InChI=1S/C13H16N6O4S/c1-18(2)9-16-24(21,22)12-5-3-4-10(6-12)19-8-11(7-15-17-14)23-13(19)20/h3-6,9,11H,7-8H2,1-2H3/t11-/m0/s1. The van der Waals surface area contributed by atoms with Gasteiger partial charge in [0.25, 0.3) is 10.0 Å². The molecule has 0 bridgehead atoms. The molecular weight excluding hydrogens is 336 g/mol. The Bertz CT molecular complexity index is 800. The number of anilines is 1. The van der Waals surface area contributed by atoms with Gasteiger partial charge in [0.05, 0.1) is 18.0 Å². The van der Waals surface area contributed by atoms with Crippen LogP contribution in [0.3, 0.4) is 0 Å². The predicted molar refractivity (Wildman–Crippen MR) is 87.4 cm³/mol. The number of ether oxygens (including phenoxy) is 1. The van der Waals surface area contributed by atoms with E-state index in [1.54, 1.807) is 20.2 Å². The number of amides is 1. The average Bonchev–Trinajstić information content (AvgIpc) is 2.92. The van der Waals surface area contributed by atoms with Crippen LogP contribution in [0, 0.1) is 0 Å². The van der Waals surface area contributed by atoms with E-state index in [4.69, 9.17) is 10.3 Å². The zero-order chi connectivity index (χ0) is 17.7. The SMILES string of the molecule is CN(C)C=NS(=O)(=O)c1cccc(N2C[C@H](CN=[N+]=[N-])OC2=O)c1. The van der Waals surface area contributed by atoms with Gasteiger partial charge < -0.3 is 9.64 Å². The molecule has 1 atom stereocenters. The van der Waals surface area contributed by atoms with Crippen LogP contribution >= 0.6 is 0 Å². The smallest absolute Gasteiger partial charge is 0.414 e. The molecule has 0 radical (unpaired) electrons. The molecule has 128 valence electrons. The topological polar surface area (TPSA) is 128 Å². The molecule has 1 saturated heterocycles. The summed E-state index contributed by atoms with van der Waals surface area (Å²) in [5.74, 6) is 0. The predicted octanol–water partition coefficient (Wildman–Crippen LogP) is 1.60. The lowest BCUT2D eigenvalue weighted by Crippen LogP contribution is -2.25. The fraction of sp³-hybridized carbons (Fsp3) is 0.385. The summed E-state index contributed by atoms with van der Waals surface area (Å²) in [5, 5.41) is 3.37. The molecule has 0 saturated carbocycles. The molecule has 0 aliphatic carbocycles. The van der Waals surface area contributed by atoms with Crippen molar-refractivity contribution in [2.45, 2.75) is 11.0 Å². The summed E-state index contributed by atoms with van der Waals surface area (Å²) in [4.78, 5) is 17.3. The first-order valence-electron chi connectivity index (χ1n) is 6.89. The Labute approximate surface area is 139 Å². The zero-order valence-electron chi connectivity index (χ0n) is 13.1. The Balaban J connectivity index is 2.25. The second-order valence-corrected chi connectivity index (χ2v) is 6.82. The second kappa shape index (κ2) is 7.20. The van der Waals surface area contributed by atoms with Gasteiger partial charge in [0.2, 0.25) is 0 Å². The molecule has 0 N–H and O–H groups in total. The van der Waals surface area contributed by atoms with Gasteiger partial charge in [-0.1, -0.05) is 11.2 Å². The quantitative estimate of drug-likeness (QED) is 0.252. The van der Waals surface area contributed by atoms with Crippen molar-refractivity contribution in [2.75, 3.05) is 32.1 Å². The van der Waals surface area contributed by atoms with Crippen LogP contribution in [0.15, 0.2) is 38.7 Å². The number of carbonyl (C=O) groups is 1. The Kier molecular flexibility index (Phi) is 5.27. The number of cyclic esters (lactones) is 1. The molecule has 0 spiro atoms. The Morgan fingerprint density at radius 3 is 2.92 bits per heavy atom. The van der Waals surface area contributed by atoms with Crippen LogP contribution in [-0.4, -0.2) is 59.0 Å². The molecule has 1 amide bonds. The number of hydrogen-bond acceptors (Lipinski definition) is 5. The van der Waals surface area contributed by atoms with E-state index in [0.29, 0.717) is 5.69 Å². The third-order valence-corrected chi connectivity index (χ3v) is 4.29. The van der Waals surface area contributed by atoms with Crippen LogP contribution < -0.4 is 4.90 Å². The summed E-state index contributed by atoms with van der Waals surface area (Å²) in [5.41, 5.74) is 8.68. The molecule has 1 aromatic carbocycles. The maximum Gasteiger partial charge on any atom is 0.414 e. The lowest BCUT2D eigenvalue weighted by Gasteiger charge is -2.13. The minimum Gasteiger partial charge on any atom is -0.444 e. The van der Waals surface area contributed by atoms with Gasteiger partial charge in [0, 0.05) is 24.7 Å². The Morgan fingerprint density at radius 1 is 1.50 bits per heavy atom. The number of sulfonamides is 1. The highest BCUT2D eigenvalue weighted by Crippen LogP contribution is 2.25. The monoisotopic (exact) mass is 352 g/mol. The van der Waals surface area contributed by atoms with Gasteiger partial charge in [-0.2, -0.15) is 8.42 Å². The maximum absolute atomic E-state index is 12.2. The first kappa shape index (κ1) is 17.6. The van der Waals surface area contributed by atoms with Gasteiger partial charge in [-0.25, -0.2) is 4.79 Å². The van der Waals surface area contributed by atoms with Crippen molar-refractivity contribution in [3.8, 4) is 0 Å². The van der Waals surface area contributed by atoms with E-state index < -0.39 is 22.2 Å². The molecule has 1 aromatic rings. The van der Waals surface area contributed by atoms with Gasteiger partial charge in [-0.3, -0.25) is 4.90 Å². The minimum atomic E-state index is -3.87. The van der Waals surface area contributed by atoms with Crippen LogP contribution in [0.1, 0.15) is 0 Å². The number of azide groups is 1. The molecular formula is C13H16N6O4S. The summed E-state index contributed by atoms with van der Waals surface area (Å²) < 4.78 is 33.0. The Morgan fingerprint density at radius 2 is 2.25 bits per heavy atom. The van der Waals surface area contributed by atoms with Crippen molar-refractivity contribution < 1.29 is 17.9 Å². The summed E-state index contributed by atoms with van der Waals surface area (Å²) in [6.45, 7) is 0.187. The average molecular weight is 352 g/mol. The molecule has 24 heavy (non-hydrogen) atoms. The van der Waals surface area contributed by atoms with Crippen molar-refractivity contribution in [2.24, 2.45) is 9.51 Å². The highest BCUT2D eigenvalue weighted by Gasteiger charge is 2.32. The maximum atomic E-state index is 12.2. The van der Waals surface area contributed by atoms with Gasteiger partial charge in [0.15, 0.2) is 0 Å². The van der Waals surface area contributed by atoms with Gasteiger partial charge in [-0.15, -0.1) is 4.40 Å². The molecule has 1 aliphatic heterocycles. The molecule has 1 heterocycles. The molecule has 0 unspecified atom stereocenters. The van der Waals surface area contributed by atoms with E-state index in [9.17, 15) is 13.2 Å². The first-order valence-corrected chi connectivity index (χ1v) is 8.33. The van der Waals surface area contributed by atoms with Crippen LogP contribution in [0.4, 0.5) is 10.5 Å². The van der Waals surface area contributed by atoms with E-state index in [2.05, 4.69) is 14.4 Å². The fourth-order valence-corrected chi connectivity index (χ4v) is 2.94. The third kappa shape index (κ3) is 4.15. The first-order chi connectivity index (χ1) is 11.3.